The van der Waals surface area contributed by atoms with Crippen molar-refractivity contribution >= 4 is 0 Å². The van der Waals surface area contributed by atoms with Gasteiger partial charge in [-0.15, -0.1) is 6.58 Å². The van der Waals surface area contributed by atoms with E-state index in [1.807, 2.05) is 0 Å². The third-order valence-electron chi connectivity index (χ3n) is 3.09. The number of nitrogens with zero attached hydrogens (tertiary/aromatic N) is 1. The molecule has 0 aromatic heterocycles. The zero-order valence-electron chi connectivity index (χ0n) is 9.54. The SMILES string of the molecule is C=CC(CCCCC)N1CC[CH]CC1. The van der Waals surface area contributed by atoms with Gasteiger partial charge in [0.1, 0.15) is 0 Å². The van der Waals surface area contributed by atoms with Crippen molar-refractivity contribution in [2.24, 2.45) is 0 Å². The van der Waals surface area contributed by atoms with Crippen LogP contribution in [0.4, 0.5) is 0 Å². The average Bonchev–Trinajstić information content (AvgIpc) is 2.26. The molecule has 1 fully saturated rings. The van der Waals surface area contributed by atoms with Crippen molar-refractivity contribution in [3.05, 3.63) is 19.1 Å². The lowest BCUT2D eigenvalue weighted by atomic mass is 10.0. The summed E-state index contributed by atoms with van der Waals surface area (Å²) in [5.74, 6) is 0. The van der Waals surface area contributed by atoms with Gasteiger partial charge in [-0.25, -0.2) is 0 Å². The largest absolute Gasteiger partial charge is 0.297 e. The molecule has 1 aliphatic heterocycles. The summed E-state index contributed by atoms with van der Waals surface area (Å²) in [7, 11) is 0. The summed E-state index contributed by atoms with van der Waals surface area (Å²) in [6, 6.07) is 0.634. The Morgan fingerprint density at radius 2 is 2.07 bits per heavy atom. The summed E-state index contributed by atoms with van der Waals surface area (Å²) in [6.07, 6.45) is 12.4. The summed E-state index contributed by atoms with van der Waals surface area (Å²) >= 11 is 0. The zero-order chi connectivity index (χ0) is 10.2. The van der Waals surface area contributed by atoms with Gasteiger partial charge >= 0.3 is 0 Å². The maximum atomic E-state index is 3.96. The lowest BCUT2D eigenvalue weighted by molar-refractivity contribution is 0.201. The first-order chi connectivity index (χ1) is 6.88. The van der Waals surface area contributed by atoms with Crippen LogP contribution >= 0.6 is 0 Å². The van der Waals surface area contributed by atoms with Gasteiger partial charge < -0.3 is 0 Å². The first kappa shape index (κ1) is 11.8. The first-order valence-electron chi connectivity index (χ1n) is 6.06. The molecule has 0 N–H and O–H groups in total. The molecule has 0 bridgehead atoms. The molecule has 1 heterocycles. The predicted molar refractivity (Wildman–Crippen MR) is 63.2 cm³/mol. The number of likely N-dealkylation sites (tertiary alicyclic amines) is 1. The Balaban J connectivity index is 2.24. The third-order valence-corrected chi connectivity index (χ3v) is 3.09. The number of hydrogen-bond acceptors (Lipinski definition) is 1. The van der Waals surface area contributed by atoms with Gasteiger partial charge in [0, 0.05) is 6.04 Å². The third kappa shape index (κ3) is 3.83. The van der Waals surface area contributed by atoms with E-state index in [1.54, 1.807) is 0 Å². The van der Waals surface area contributed by atoms with E-state index in [9.17, 15) is 0 Å². The molecule has 1 rings (SSSR count). The lowest BCUT2D eigenvalue weighted by Gasteiger charge is -2.32. The molecular weight excluding hydrogens is 170 g/mol. The van der Waals surface area contributed by atoms with Gasteiger partial charge in [-0.2, -0.15) is 0 Å². The Hall–Kier alpha value is -0.300. The van der Waals surface area contributed by atoms with E-state index in [1.165, 1.54) is 51.6 Å². The highest BCUT2D eigenvalue weighted by Gasteiger charge is 2.17. The highest BCUT2D eigenvalue weighted by atomic mass is 15.2. The van der Waals surface area contributed by atoms with Gasteiger partial charge in [0.05, 0.1) is 0 Å². The maximum Gasteiger partial charge on any atom is 0.0275 e. The van der Waals surface area contributed by atoms with Crippen molar-refractivity contribution in [1.82, 2.24) is 4.90 Å². The molecule has 0 aromatic rings. The van der Waals surface area contributed by atoms with Crippen LogP contribution in [0.1, 0.15) is 45.4 Å². The minimum atomic E-state index is 0.634. The van der Waals surface area contributed by atoms with Crippen molar-refractivity contribution in [2.75, 3.05) is 13.1 Å². The standard InChI is InChI=1S/C13H24N/c1-3-5-7-10-13(4-2)14-11-8-6-9-12-14/h4,6,13H,2-3,5,7-12H2,1H3. The van der Waals surface area contributed by atoms with E-state index in [0.29, 0.717) is 6.04 Å². The number of unbranched alkanes of at least 4 members (excludes halogenated alkanes) is 2. The fourth-order valence-electron chi connectivity index (χ4n) is 2.15. The van der Waals surface area contributed by atoms with Crippen LogP contribution in [0.5, 0.6) is 0 Å². The molecule has 0 aliphatic carbocycles. The van der Waals surface area contributed by atoms with E-state index < -0.39 is 0 Å². The second-order valence-electron chi connectivity index (χ2n) is 4.20. The van der Waals surface area contributed by atoms with Gasteiger partial charge in [-0.3, -0.25) is 4.90 Å². The summed E-state index contributed by atoms with van der Waals surface area (Å²) in [5.41, 5.74) is 0. The topological polar surface area (TPSA) is 3.24 Å². The van der Waals surface area contributed by atoms with E-state index in [2.05, 4.69) is 30.9 Å². The molecule has 0 saturated carbocycles. The molecule has 14 heavy (non-hydrogen) atoms. The summed E-state index contributed by atoms with van der Waals surface area (Å²) in [6.45, 7) is 8.70. The first-order valence-corrected chi connectivity index (χ1v) is 6.06. The molecule has 1 heteroatoms. The molecule has 81 valence electrons. The molecule has 1 radical (unpaired) electrons. The Bertz CT molecular complexity index is 147. The maximum absolute atomic E-state index is 3.96. The molecule has 1 atom stereocenters. The van der Waals surface area contributed by atoms with Crippen molar-refractivity contribution in [2.45, 2.75) is 51.5 Å². The molecule has 1 aliphatic rings. The Kier molecular flexibility index (Phi) is 5.93. The van der Waals surface area contributed by atoms with Crippen LogP contribution in [-0.2, 0) is 0 Å². The molecule has 0 spiro atoms. The Morgan fingerprint density at radius 1 is 1.36 bits per heavy atom. The number of rotatable bonds is 6. The van der Waals surface area contributed by atoms with E-state index in [4.69, 9.17) is 0 Å². The van der Waals surface area contributed by atoms with Crippen molar-refractivity contribution in [1.29, 1.82) is 0 Å². The zero-order valence-corrected chi connectivity index (χ0v) is 9.54. The Labute approximate surface area is 89.2 Å². The van der Waals surface area contributed by atoms with Gasteiger partial charge in [0.2, 0.25) is 0 Å². The highest BCUT2D eigenvalue weighted by Crippen LogP contribution is 2.16. The van der Waals surface area contributed by atoms with E-state index in [0.717, 1.165) is 0 Å². The summed E-state index contributed by atoms with van der Waals surface area (Å²) < 4.78 is 0. The lowest BCUT2D eigenvalue weighted by Crippen LogP contribution is -2.38. The van der Waals surface area contributed by atoms with Crippen LogP contribution in [0.3, 0.4) is 0 Å². The molecule has 1 unspecified atom stereocenters. The molecule has 1 nitrogen and oxygen atoms in total. The van der Waals surface area contributed by atoms with Gasteiger partial charge in [0.15, 0.2) is 0 Å². The number of hydrogen-bond donors (Lipinski definition) is 0. The second kappa shape index (κ2) is 7.05. The van der Waals surface area contributed by atoms with Crippen LogP contribution in [0, 0.1) is 6.42 Å². The van der Waals surface area contributed by atoms with Gasteiger partial charge in [-0.05, 0) is 38.8 Å². The minimum absolute atomic E-state index is 0.634. The quantitative estimate of drug-likeness (QED) is 0.462. The van der Waals surface area contributed by atoms with E-state index in [-0.39, 0.29) is 0 Å². The summed E-state index contributed by atoms with van der Waals surface area (Å²) in [4.78, 5) is 2.59. The number of piperidine rings is 1. The van der Waals surface area contributed by atoms with Gasteiger partial charge in [0.25, 0.3) is 0 Å². The van der Waals surface area contributed by atoms with Crippen molar-refractivity contribution in [3.63, 3.8) is 0 Å². The fourth-order valence-corrected chi connectivity index (χ4v) is 2.15. The smallest absolute Gasteiger partial charge is 0.0275 e. The molecule has 0 amide bonds. The van der Waals surface area contributed by atoms with Crippen LogP contribution in [0.2, 0.25) is 0 Å². The fraction of sp³-hybridized carbons (Fsp3) is 0.769. The van der Waals surface area contributed by atoms with Gasteiger partial charge in [-0.1, -0.05) is 32.3 Å². The monoisotopic (exact) mass is 194 g/mol. The van der Waals surface area contributed by atoms with Crippen LogP contribution in [0.25, 0.3) is 0 Å². The minimum Gasteiger partial charge on any atom is -0.297 e. The van der Waals surface area contributed by atoms with Crippen LogP contribution in [0.15, 0.2) is 12.7 Å². The molecular formula is C13H24N. The van der Waals surface area contributed by atoms with Crippen LogP contribution < -0.4 is 0 Å². The second-order valence-corrected chi connectivity index (χ2v) is 4.20. The highest BCUT2D eigenvalue weighted by molar-refractivity contribution is 4.91. The predicted octanol–water partition coefficient (Wildman–Crippen LogP) is 3.42. The van der Waals surface area contributed by atoms with E-state index >= 15 is 0 Å². The van der Waals surface area contributed by atoms with Crippen molar-refractivity contribution in [3.8, 4) is 0 Å². The summed E-state index contributed by atoms with van der Waals surface area (Å²) in [5, 5.41) is 0. The van der Waals surface area contributed by atoms with Crippen molar-refractivity contribution < 1.29 is 0 Å². The molecule has 1 saturated heterocycles. The van der Waals surface area contributed by atoms with Crippen LogP contribution in [-0.4, -0.2) is 24.0 Å². The Morgan fingerprint density at radius 3 is 2.64 bits per heavy atom. The average molecular weight is 194 g/mol. The molecule has 0 aromatic carbocycles. The normalized spacial score (nSPS) is 20.6.